The van der Waals surface area contributed by atoms with Gasteiger partial charge in [0, 0.05) is 12.1 Å². The van der Waals surface area contributed by atoms with E-state index in [0.717, 1.165) is 19.3 Å². The second kappa shape index (κ2) is 5.74. The molecule has 1 aliphatic carbocycles. The molecule has 0 spiro atoms. The van der Waals surface area contributed by atoms with Crippen molar-refractivity contribution in [2.24, 2.45) is 0 Å². The maximum Gasteiger partial charge on any atom is 0.339 e. The maximum atomic E-state index is 12.1. The molecule has 0 bridgehead atoms. The molecule has 0 radical (unpaired) electrons. The van der Waals surface area contributed by atoms with Crippen molar-refractivity contribution in [3.63, 3.8) is 0 Å². The third-order valence-corrected chi connectivity index (χ3v) is 3.53. The predicted molar refractivity (Wildman–Crippen MR) is 73.2 cm³/mol. The SMILES string of the molecule is C#CC1(OC(=O)c2ccc([N+](=O)[O-])cc2)CCCCC1. The Balaban J connectivity index is 2.11. The smallest absolute Gasteiger partial charge is 0.339 e. The summed E-state index contributed by atoms with van der Waals surface area (Å²) >= 11 is 0. The van der Waals surface area contributed by atoms with Crippen LogP contribution in [0, 0.1) is 22.5 Å². The number of hydrogen-bond donors (Lipinski definition) is 0. The zero-order chi connectivity index (χ0) is 14.6. The number of nitrogens with zero attached hydrogens (tertiary/aromatic N) is 1. The first kappa shape index (κ1) is 14.1. The van der Waals surface area contributed by atoms with Gasteiger partial charge in [-0.2, -0.15) is 0 Å². The highest BCUT2D eigenvalue weighted by Crippen LogP contribution is 2.32. The summed E-state index contributed by atoms with van der Waals surface area (Å²) < 4.78 is 5.47. The molecule has 1 fully saturated rings. The summed E-state index contributed by atoms with van der Waals surface area (Å²) in [6.07, 6.45) is 9.83. The zero-order valence-corrected chi connectivity index (χ0v) is 11.0. The molecule has 2 rings (SSSR count). The van der Waals surface area contributed by atoms with Crippen LogP contribution in [0.2, 0.25) is 0 Å². The molecule has 1 aromatic rings. The quantitative estimate of drug-likeness (QED) is 0.367. The van der Waals surface area contributed by atoms with Gasteiger partial charge in [0.2, 0.25) is 0 Å². The van der Waals surface area contributed by atoms with Crippen LogP contribution in [-0.2, 0) is 4.74 Å². The number of ether oxygens (including phenoxy) is 1. The Hall–Kier alpha value is -2.35. The van der Waals surface area contributed by atoms with Crippen molar-refractivity contribution in [2.75, 3.05) is 0 Å². The minimum Gasteiger partial charge on any atom is -0.442 e. The Morgan fingerprint density at radius 2 is 1.85 bits per heavy atom. The number of nitro groups is 1. The Labute approximate surface area is 117 Å². The summed E-state index contributed by atoms with van der Waals surface area (Å²) in [6, 6.07) is 5.32. The highest BCUT2D eigenvalue weighted by atomic mass is 16.6. The van der Waals surface area contributed by atoms with Crippen LogP contribution >= 0.6 is 0 Å². The summed E-state index contributed by atoms with van der Waals surface area (Å²) in [5.41, 5.74) is -0.612. The summed E-state index contributed by atoms with van der Waals surface area (Å²) in [4.78, 5) is 22.1. The van der Waals surface area contributed by atoms with E-state index in [2.05, 4.69) is 5.92 Å². The van der Waals surface area contributed by atoms with Crippen molar-refractivity contribution in [2.45, 2.75) is 37.7 Å². The van der Waals surface area contributed by atoms with Gasteiger partial charge in [-0.3, -0.25) is 10.1 Å². The largest absolute Gasteiger partial charge is 0.442 e. The molecule has 0 heterocycles. The number of terminal acetylenes is 1. The van der Waals surface area contributed by atoms with E-state index in [4.69, 9.17) is 11.2 Å². The summed E-state index contributed by atoms with van der Waals surface area (Å²) in [7, 11) is 0. The van der Waals surface area contributed by atoms with Gasteiger partial charge in [0.25, 0.3) is 5.69 Å². The number of benzene rings is 1. The van der Waals surface area contributed by atoms with Gasteiger partial charge in [0.15, 0.2) is 5.60 Å². The number of carbonyl (C=O) groups excluding carboxylic acids is 1. The lowest BCUT2D eigenvalue weighted by atomic mass is 9.85. The van der Waals surface area contributed by atoms with Crippen molar-refractivity contribution in [1.29, 1.82) is 0 Å². The normalized spacial score (nSPS) is 16.9. The van der Waals surface area contributed by atoms with Gasteiger partial charge >= 0.3 is 5.97 Å². The van der Waals surface area contributed by atoms with Crippen molar-refractivity contribution in [3.05, 3.63) is 39.9 Å². The summed E-state index contributed by atoms with van der Waals surface area (Å²) in [5, 5.41) is 10.6. The van der Waals surface area contributed by atoms with Crippen LogP contribution in [0.15, 0.2) is 24.3 Å². The monoisotopic (exact) mass is 273 g/mol. The first-order chi connectivity index (χ1) is 9.56. The molecular weight excluding hydrogens is 258 g/mol. The molecular formula is C15H15NO4. The lowest BCUT2D eigenvalue weighted by Crippen LogP contribution is -2.35. The minimum absolute atomic E-state index is 0.0640. The van der Waals surface area contributed by atoms with Crippen molar-refractivity contribution in [1.82, 2.24) is 0 Å². The molecule has 1 aromatic carbocycles. The molecule has 1 saturated carbocycles. The Morgan fingerprint density at radius 1 is 1.25 bits per heavy atom. The van der Waals surface area contributed by atoms with E-state index in [1.807, 2.05) is 0 Å². The van der Waals surface area contributed by atoms with E-state index >= 15 is 0 Å². The van der Waals surface area contributed by atoms with E-state index in [-0.39, 0.29) is 11.3 Å². The number of rotatable bonds is 3. The molecule has 0 unspecified atom stereocenters. The van der Waals surface area contributed by atoms with Crippen LogP contribution in [0.4, 0.5) is 5.69 Å². The molecule has 5 heteroatoms. The van der Waals surface area contributed by atoms with E-state index < -0.39 is 16.5 Å². The van der Waals surface area contributed by atoms with E-state index in [1.165, 1.54) is 24.3 Å². The highest BCUT2D eigenvalue weighted by Gasteiger charge is 2.34. The summed E-state index contributed by atoms with van der Waals surface area (Å²) in [5.74, 6) is 2.07. The van der Waals surface area contributed by atoms with Crippen molar-refractivity contribution < 1.29 is 14.5 Å². The van der Waals surface area contributed by atoms with Crippen LogP contribution in [0.1, 0.15) is 42.5 Å². The topological polar surface area (TPSA) is 69.4 Å². The second-order valence-electron chi connectivity index (χ2n) is 4.89. The summed E-state index contributed by atoms with van der Waals surface area (Å²) in [6.45, 7) is 0. The van der Waals surface area contributed by atoms with Crippen LogP contribution in [-0.4, -0.2) is 16.5 Å². The van der Waals surface area contributed by atoms with Gasteiger partial charge in [-0.1, -0.05) is 12.3 Å². The first-order valence-electron chi connectivity index (χ1n) is 6.52. The number of non-ortho nitro benzene ring substituents is 1. The van der Waals surface area contributed by atoms with Crippen LogP contribution in [0.25, 0.3) is 0 Å². The number of hydrogen-bond acceptors (Lipinski definition) is 4. The third-order valence-electron chi connectivity index (χ3n) is 3.53. The number of carbonyl (C=O) groups is 1. The second-order valence-corrected chi connectivity index (χ2v) is 4.89. The molecule has 0 aromatic heterocycles. The molecule has 104 valence electrons. The maximum absolute atomic E-state index is 12.1. The van der Waals surface area contributed by atoms with E-state index in [9.17, 15) is 14.9 Å². The van der Waals surface area contributed by atoms with Gasteiger partial charge in [0.05, 0.1) is 10.5 Å². The highest BCUT2D eigenvalue weighted by molar-refractivity contribution is 5.90. The average molecular weight is 273 g/mol. The fraction of sp³-hybridized carbons (Fsp3) is 0.400. The van der Waals surface area contributed by atoms with Crippen LogP contribution in [0.3, 0.4) is 0 Å². The standard InChI is InChI=1S/C15H15NO4/c1-2-15(10-4-3-5-11-15)20-14(17)12-6-8-13(9-7-12)16(18)19/h1,6-9H,3-5,10-11H2. The zero-order valence-electron chi connectivity index (χ0n) is 11.0. The average Bonchev–Trinajstić information content (AvgIpc) is 2.48. The Bertz CT molecular complexity index is 550. The fourth-order valence-electron chi connectivity index (χ4n) is 2.35. The van der Waals surface area contributed by atoms with E-state index in [1.54, 1.807) is 0 Å². The van der Waals surface area contributed by atoms with Crippen LogP contribution in [0.5, 0.6) is 0 Å². The van der Waals surface area contributed by atoms with Gasteiger partial charge in [0.1, 0.15) is 0 Å². The van der Waals surface area contributed by atoms with Gasteiger partial charge in [-0.25, -0.2) is 4.79 Å². The van der Waals surface area contributed by atoms with E-state index in [0.29, 0.717) is 12.8 Å². The molecule has 0 saturated heterocycles. The van der Waals surface area contributed by atoms with Gasteiger partial charge < -0.3 is 4.74 Å². The van der Waals surface area contributed by atoms with Crippen LogP contribution < -0.4 is 0 Å². The molecule has 0 atom stereocenters. The fourth-order valence-corrected chi connectivity index (χ4v) is 2.35. The minimum atomic E-state index is -0.822. The van der Waals surface area contributed by atoms with Gasteiger partial charge in [-0.05, 0) is 37.8 Å². The molecule has 1 aliphatic rings. The molecule has 20 heavy (non-hydrogen) atoms. The predicted octanol–water partition coefficient (Wildman–Crippen LogP) is 3.09. The first-order valence-corrected chi connectivity index (χ1v) is 6.52. The van der Waals surface area contributed by atoms with Crippen molar-refractivity contribution in [3.8, 4) is 12.3 Å². The van der Waals surface area contributed by atoms with Gasteiger partial charge in [-0.15, -0.1) is 6.42 Å². The lowest BCUT2D eigenvalue weighted by molar-refractivity contribution is -0.384. The van der Waals surface area contributed by atoms with Crippen molar-refractivity contribution >= 4 is 11.7 Å². The molecule has 0 amide bonds. The Morgan fingerprint density at radius 3 is 2.35 bits per heavy atom. The molecule has 0 N–H and O–H groups in total. The Kier molecular flexibility index (Phi) is 4.04. The molecule has 5 nitrogen and oxygen atoms in total. The number of esters is 1. The molecule has 0 aliphatic heterocycles. The third kappa shape index (κ3) is 2.97. The lowest BCUT2D eigenvalue weighted by Gasteiger charge is -2.31. The number of nitro benzene ring substituents is 1.